The molecule has 1 N–H and O–H groups in total. The number of benzene rings is 1. The molecule has 0 aliphatic rings. The molecule has 0 unspecified atom stereocenters. The molecule has 1 aromatic carbocycles. The number of hydrogen-bond donors (Lipinski definition) is 1. The van der Waals surface area contributed by atoms with E-state index in [2.05, 4.69) is 20.6 Å². The van der Waals surface area contributed by atoms with E-state index in [1.807, 2.05) is 13.0 Å². The topological polar surface area (TPSA) is 145 Å². The standard InChI is InChI=1S/C24H22N6O5S/c1-4-5-21-28-30-22(31)11-17(26-24(30)36-21)13-34-18-7-6-15(10-19(18)33-3)9-16(12-25)23(32)27-20-8-14(2)35-29-20/h6-11H,4-5,13H2,1-3H3,(H,27,29,32)/b16-9-. The maximum atomic E-state index is 12.4. The van der Waals surface area contributed by atoms with Gasteiger partial charge in [-0.15, -0.1) is 0 Å². The maximum Gasteiger partial charge on any atom is 0.275 e. The Bertz CT molecular complexity index is 1540. The van der Waals surface area contributed by atoms with Crippen LogP contribution in [-0.2, 0) is 17.8 Å². The highest BCUT2D eigenvalue weighted by molar-refractivity contribution is 7.16. The Morgan fingerprint density at radius 2 is 2.14 bits per heavy atom. The Balaban J connectivity index is 1.50. The second-order valence-electron chi connectivity index (χ2n) is 7.67. The van der Waals surface area contributed by atoms with Crippen molar-refractivity contribution in [2.24, 2.45) is 0 Å². The normalized spacial score (nSPS) is 11.3. The summed E-state index contributed by atoms with van der Waals surface area (Å²) >= 11 is 1.38. The van der Waals surface area contributed by atoms with E-state index >= 15 is 0 Å². The number of fused-ring (bicyclic) bond motifs is 1. The summed E-state index contributed by atoms with van der Waals surface area (Å²) in [5.74, 6) is 0.916. The molecular formula is C24H22N6O5S. The van der Waals surface area contributed by atoms with Crippen LogP contribution in [0.25, 0.3) is 11.0 Å². The maximum absolute atomic E-state index is 12.4. The van der Waals surface area contributed by atoms with Gasteiger partial charge < -0.3 is 19.3 Å². The first-order valence-corrected chi connectivity index (χ1v) is 11.8. The van der Waals surface area contributed by atoms with E-state index < -0.39 is 5.91 Å². The van der Waals surface area contributed by atoms with Crippen LogP contribution in [0.2, 0.25) is 0 Å². The molecule has 184 valence electrons. The zero-order chi connectivity index (χ0) is 25.7. The number of methoxy groups -OCH3 is 1. The first-order chi connectivity index (χ1) is 17.4. The molecular weight excluding hydrogens is 484 g/mol. The first-order valence-electron chi connectivity index (χ1n) is 11.0. The van der Waals surface area contributed by atoms with E-state index in [1.165, 1.54) is 35.1 Å². The molecule has 11 nitrogen and oxygen atoms in total. The van der Waals surface area contributed by atoms with Gasteiger partial charge in [-0.25, -0.2) is 4.98 Å². The zero-order valence-corrected chi connectivity index (χ0v) is 20.6. The van der Waals surface area contributed by atoms with Crippen molar-refractivity contribution in [3.63, 3.8) is 0 Å². The summed E-state index contributed by atoms with van der Waals surface area (Å²) in [6, 6.07) is 9.77. The summed E-state index contributed by atoms with van der Waals surface area (Å²) in [7, 11) is 1.48. The van der Waals surface area contributed by atoms with Gasteiger partial charge in [-0.2, -0.15) is 14.9 Å². The first kappa shape index (κ1) is 24.6. The highest BCUT2D eigenvalue weighted by Crippen LogP contribution is 2.29. The van der Waals surface area contributed by atoms with Crippen LogP contribution in [0, 0.1) is 18.3 Å². The fourth-order valence-corrected chi connectivity index (χ4v) is 4.27. The second kappa shape index (κ2) is 10.8. The summed E-state index contributed by atoms with van der Waals surface area (Å²) in [4.78, 5) is 29.8. The Morgan fingerprint density at radius 1 is 1.31 bits per heavy atom. The molecule has 0 radical (unpaired) electrons. The highest BCUT2D eigenvalue weighted by Gasteiger charge is 2.14. The van der Waals surface area contributed by atoms with Crippen LogP contribution in [-0.4, -0.2) is 32.8 Å². The van der Waals surface area contributed by atoms with Crippen molar-refractivity contribution in [2.75, 3.05) is 12.4 Å². The number of hydrogen-bond acceptors (Lipinski definition) is 10. The minimum Gasteiger partial charge on any atom is -0.493 e. The Hall–Kier alpha value is -4.50. The van der Waals surface area contributed by atoms with Gasteiger partial charge in [0.05, 0.1) is 12.8 Å². The number of anilines is 1. The van der Waals surface area contributed by atoms with E-state index in [-0.39, 0.29) is 23.6 Å². The van der Waals surface area contributed by atoms with Crippen molar-refractivity contribution in [1.29, 1.82) is 5.26 Å². The fraction of sp³-hybridized carbons (Fsp3) is 0.250. The van der Waals surface area contributed by atoms with Gasteiger partial charge in [-0.05, 0) is 37.1 Å². The average molecular weight is 507 g/mol. The molecule has 4 aromatic rings. The lowest BCUT2D eigenvalue weighted by molar-refractivity contribution is -0.112. The van der Waals surface area contributed by atoms with Gasteiger partial charge >= 0.3 is 0 Å². The SMILES string of the molecule is CCCc1nn2c(=O)cc(COc3ccc(/C=C(/C#N)C(=O)Nc4cc(C)on4)cc3OC)nc2s1. The number of nitrogens with zero attached hydrogens (tertiary/aromatic N) is 5. The Kier molecular flexibility index (Phi) is 7.41. The number of aromatic nitrogens is 4. The van der Waals surface area contributed by atoms with E-state index in [0.29, 0.717) is 33.5 Å². The van der Waals surface area contributed by atoms with Crippen LogP contribution >= 0.6 is 11.3 Å². The summed E-state index contributed by atoms with van der Waals surface area (Å²) in [5.41, 5.74) is 0.612. The molecule has 4 rings (SSSR count). The Morgan fingerprint density at radius 3 is 2.83 bits per heavy atom. The van der Waals surface area contributed by atoms with Crippen molar-refractivity contribution < 1.29 is 18.8 Å². The van der Waals surface area contributed by atoms with Gasteiger partial charge in [-0.1, -0.05) is 29.5 Å². The van der Waals surface area contributed by atoms with Gasteiger partial charge in [0.1, 0.15) is 29.0 Å². The number of aryl methyl sites for hydroxylation is 2. The summed E-state index contributed by atoms with van der Waals surface area (Å²) in [6.07, 6.45) is 3.13. The number of carbonyl (C=O) groups is 1. The molecule has 0 fully saturated rings. The number of rotatable bonds is 9. The van der Waals surface area contributed by atoms with E-state index in [0.717, 1.165) is 17.8 Å². The van der Waals surface area contributed by atoms with E-state index in [1.54, 1.807) is 31.2 Å². The van der Waals surface area contributed by atoms with Gasteiger partial charge in [0.2, 0.25) is 4.96 Å². The molecule has 3 heterocycles. The molecule has 12 heteroatoms. The number of nitriles is 1. The predicted octanol–water partition coefficient (Wildman–Crippen LogP) is 3.53. The third-order valence-corrected chi connectivity index (χ3v) is 5.88. The molecule has 3 aromatic heterocycles. The van der Waals surface area contributed by atoms with Crippen LogP contribution in [0.3, 0.4) is 0 Å². The zero-order valence-electron chi connectivity index (χ0n) is 19.8. The molecule has 36 heavy (non-hydrogen) atoms. The minimum absolute atomic E-state index is 0.0429. The summed E-state index contributed by atoms with van der Waals surface area (Å²) < 4.78 is 17.5. The van der Waals surface area contributed by atoms with E-state index in [9.17, 15) is 14.9 Å². The van der Waals surface area contributed by atoms with Crippen molar-refractivity contribution in [2.45, 2.75) is 33.3 Å². The minimum atomic E-state index is -0.622. The van der Waals surface area contributed by atoms with Crippen LogP contribution in [0.1, 0.15) is 35.4 Å². The molecule has 0 aliphatic heterocycles. The Labute approximate surface area is 209 Å². The highest BCUT2D eigenvalue weighted by atomic mass is 32.1. The third kappa shape index (κ3) is 5.59. The molecule has 1 amide bonds. The molecule has 0 saturated heterocycles. The summed E-state index contributed by atoms with van der Waals surface area (Å²) in [6.45, 7) is 3.78. The second-order valence-corrected chi connectivity index (χ2v) is 8.71. The smallest absolute Gasteiger partial charge is 0.275 e. The molecule has 0 spiro atoms. The van der Waals surface area contributed by atoms with Crippen LogP contribution in [0.5, 0.6) is 11.5 Å². The number of amides is 1. The lowest BCUT2D eigenvalue weighted by Gasteiger charge is -2.11. The number of nitrogens with one attached hydrogen (secondary N) is 1. The summed E-state index contributed by atoms with van der Waals surface area (Å²) in [5, 5.41) is 20.8. The lowest BCUT2D eigenvalue weighted by atomic mass is 10.1. The van der Waals surface area contributed by atoms with Crippen molar-refractivity contribution in [3.05, 3.63) is 68.3 Å². The molecule has 0 atom stereocenters. The molecule has 0 bridgehead atoms. The lowest BCUT2D eigenvalue weighted by Crippen LogP contribution is -2.16. The van der Waals surface area contributed by atoms with E-state index in [4.69, 9.17) is 14.0 Å². The number of ether oxygens (including phenoxy) is 2. The largest absolute Gasteiger partial charge is 0.493 e. The molecule has 0 aliphatic carbocycles. The quantitative estimate of drug-likeness (QED) is 0.266. The molecule has 0 saturated carbocycles. The van der Waals surface area contributed by atoms with Gasteiger partial charge in [0.25, 0.3) is 11.5 Å². The van der Waals surface area contributed by atoms with Crippen molar-refractivity contribution in [3.8, 4) is 17.6 Å². The van der Waals surface area contributed by atoms with Gasteiger partial charge in [0.15, 0.2) is 17.3 Å². The van der Waals surface area contributed by atoms with Gasteiger partial charge in [0, 0.05) is 18.6 Å². The van der Waals surface area contributed by atoms with Gasteiger partial charge in [-0.3, -0.25) is 9.59 Å². The third-order valence-electron chi connectivity index (χ3n) is 4.91. The van der Waals surface area contributed by atoms with Crippen molar-refractivity contribution in [1.82, 2.24) is 19.8 Å². The van der Waals surface area contributed by atoms with Crippen LogP contribution in [0.15, 0.2) is 45.2 Å². The predicted molar refractivity (Wildman–Crippen MR) is 132 cm³/mol. The van der Waals surface area contributed by atoms with Crippen molar-refractivity contribution >= 4 is 34.1 Å². The monoisotopic (exact) mass is 506 g/mol. The average Bonchev–Trinajstić information content (AvgIpc) is 3.47. The number of carbonyl (C=O) groups excluding carboxylic acids is 1. The van der Waals surface area contributed by atoms with Crippen LogP contribution in [0.4, 0.5) is 5.82 Å². The van der Waals surface area contributed by atoms with Crippen LogP contribution < -0.4 is 20.3 Å². The fourth-order valence-electron chi connectivity index (χ4n) is 3.25.